The van der Waals surface area contributed by atoms with Crippen molar-refractivity contribution in [2.45, 2.75) is 65.3 Å². The maximum Gasteiger partial charge on any atom is 0.410 e. The van der Waals surface area contributed by atoms with Crippen LogP contribution >= 0.6 is 0 Å². The zero-order valence-corrected chi connectivity index (χ0v) is 13.0. The molecule has 5 nitrogen and oxygen atoms in total. The van der Waals surface area contributed by atoms with Crippen LogP contribution in [0.5, 0.6) is 0 Å². The molecule has 112 valence electrons. The van der Waals surface area contributed by atoms with Crippen molar-refractivity contribution < 1.29 is 14.6 Å². The molecular formula is C14H28N2O3. The molecule has 0 aromatic rings. The molecule has 1 N–H and O–H groups in total. The first-order chi connectivity index (χ1) is 8.60. The molecule has 1 aliphatic heterocycles. The summed E-state index contributed by atoms with van der Waals surface area (Å²) in [5, 5.41) is 9.46. The monoisotopic (exact) mass is 272 g/mol. The van der Waals surface area contributed by atoms with Gasteiger partial charge in [-0.2, -0.15) is 0 Å². The van der Waals surface area contributed by atoms with Crippen LogP contribution in [0.15, 0.2) is 0 Å². The molecular weight excluding hydrogens is 244 g/mol. The second-order valence-electron chi connectivity index (χ2n) is 6.65. The first kappa shape index (κ1) is 16.2. The first-order valence-electron chi connectivity index (χ1n) is 7.02. The normalized spacial score (nSPS) is 27.2. The minimum absolute atomic E-state index is 0.0948. The number of β-amino-alcohol motifs (C(OH)–C–C–N with tert-alkyl or cyclic N) is 1. The van der Waals surface area contributed by atoms with E-state index >= 15 is 0 Å². The number of aliphatic hydroxyl groups excluding tert-OH is 1. The molecule has 0 spiro atoms. The van der Waals surface area contributed by atoms with Gasteiger partial charge in [0.25, 0.3) is 0 Å². The van der Waals surface area contributed by atoms with Gasteiger partial charge >= 0.3 is 6.09 Å². The van der Waals surface area contributed by atoms with Gasteiger partial charge in [0.1, 0.15) is 5.60 Å². The number of hydrogen-bond donors (Lipinski definition) is 1. The predicted octanol–water partition coefficient (Wildman–Crippen LogP) is 1.70. The van der Waals surface area contributed by atoms with Gasteiger partial charge in [0.05, 0.1) is 6.10 Å². The number of piperazine rings is 1. The van der Waals surface area contributed by atoms with E-state index in [4.69, 9.17) is 4.74 Å². The number of carbonyl (C=O) groups is 1. The standard InChI is InChI=1S/C14H28N2O3/c1-10-7-15(9-12(3)17)8-11(2)16(10)13(18)19-14(4,5)6/h10-12,17H,7-9H2,1-6H3/t10-,11+,12?. The largest absolute Gasteiger partial charge is 0.444 e. The zero-order chi connectivity index (χ0) is 14.8. The highest BCUT2D eigenvalue weighted by molar-refractivity contribution is 5.69. The first-order valence-corrected chi connectivity index (χ1v) is 7.02. The van der Waals surface area contributed by atoms with E-state index in [1.54, 1.807) is 6.92 Å². The molecule has 0 saturated carbocycles. The van der Waals surface area contributed by atoms with Gasteiger partial charge in [-0.1, -0.05) is 0 Å². The SMILES string of the molecule is CC(O)CN1C[C@@H](C)N(C(=O)OC(C)(C)C)[C@@H](C)C1. The Labute approximate surface area is 116 Å². The minimum atomic E-state index is -0.465. The second kappa shape index (κ2) is 6.09. The lowest BCUT2D eigenvalue weighted by Gasteiger charge is -2.44. The van der Waals surface area contributed by atoms with Crippen molar-refractivity contribution in [2.75, 3.05) is 19.6 Å². The van der Waals surface area contributed by atoms with E-state index in [2.05, 4.69) is 4.90 Å². The molecule has 1 unspecified atom stereocenters. The highest BCUT2D eigenvalue weighted by atomic mass is 16.6. The topological polar surface area (TPSA) is 53.0 Å². The minimum Gasteiger partial charge on any atom is -0.444 e. The second-order valence-corrected chi connectivity index (χ2v) is 6.65. The lowest BCUT2D eigenvalue weighted by atomic mass is 10.1. The van der Waals surface area contributed by atoms with Gasteiger partial charge in [-0.15, -0.1) is 0 Å². The third-order valence-electron chi connectivity index (χ3n) is 3.12. The lowest BCUT2D eigenvalue weighted by molar-refractivity contribution is -0.0203. The van der Waals surface area contributed by atoms with Gasteiger partial charge in [0.2, 0.25) is 0 Å². The van der Waals surface area contributed by atoms with Crippen LogP contribution < -0.4 is 0 Å². The predicted molar refractivity (Wildman–Crippen MR) is 75.1 cm³/mol. The van der Waals surface area contributed by atoms with Crippen molar-refractivity contribution in [2.24, 2.45) is 0 Å². The quantitative estimate of drug-likeness (QED) is 0.831. The molecule has 0 aromatic heterocycles. The summed E-state index contributed by atoms with van der Waals surface area (Å²) < 4.78 is 5.45. The maximum absolute atomic E-state index is 12.2. The molecule has 1 aliphatic rings. The van der Waals surface area contributed by atoms with Crippen LogP contribution in [0.4, 0.5) is 4.79 Å². The zero-order valence-electron chi connectivity index (χ0n) is 13.0. The van der Waals surface area contributed by atoms with Crippen molar-refractivity contribution in [3.05, 3.63) is 0 Å². The van der Waals surface area contributed by atoms with E-state index in [0.717, 1.165) is 13.1 Å². The van der Waals surface area contributed by atoms with Crippen LogP contribution in [0.25, 0.3) is 0 Å². The molecule has 1 amide bonds. The average molecular weight is 272 g/mol. The third-order valence-corrected chi connectivity index (χ3v) is 3.12. The molecule has 0 aliphatic carbocycles. The number of amides is 1. The molecule has 19 heavy (non-hydrogen) atoms. The van der Waals surface area contributed by atoms with Gasteiger partial charge in [0.15, 0.2) is 0 Å². The van der Waals surface area contributed by atoms with Crippen LogP contribution in [0.3, 0.4) is 0 Å². The van der Waals surface area contributed by atoms with Gasteiger partial charge in [0, 0.05) is 31.7 Å². The van der Waals surface area contributed by atoms with Crippen LogP contribution in [-0.4, -0.2) is 64.4 Å². The summed E-state index contributed by atoms with van der Waals surface area (Å²) in [6, 6.07) is 0.190. The molecule has 5 heteroatoms. The Morgan fingerprint density at radius 1 is 1.32 bits per heavy atom. The molecule has 0 radical (unpaired) electrons. The Morgan fingerprint density at radius 2 is 1.79 bits per heavy atom. The number of carbonyl (C=O) groups excluding carboxylic acids is 1. The van der Waals surface area contributed by atoms with Crippen molar-refractivity contribution in [1.82, 2.24) is 9.80 Å². The van der Waals surface area contributed by atoms with E-state index < -0.39 is 5.60 Å². The lowest BCUT2D eigenvalue weighted by Crippen LogP contribution is -2.60. The number of ether oxygens (including phenoxy) is 1. The molecule has 0 bridgehead atoms. The molecule has 1 saturated heterocycles. The van der Waals surface area contributed by atoms with Gasteiger partial charge in [-0.25, -0.2) is 4.79 Å². The fourth-order valence-corrected chi connectivity index (χ4v) is 2.63. The molecule has 3 atom stereocenters. The highest BCUT2D eigenvalue weighted by Gasteiger charge is 2.35. The Kier molecular flexibility index (Phi) is 5.21. The van der Waals surface area contributed by atoms with Crippen molar-refractivity contribution in [3.63, 3.8) is 0 Å². The summed E-state index contributed by atoms with van der Waals surface area (Å²) >= 11 is 0. The summed E-state index contributed by atoms with van der Waals surface area (Å²) in [6.07, 6.45) is -0.586. The van der Waals surface area contributed by atoms with Gasteiger partial charge in [-0.05, 0) is 41.5 Å². The van der Waals surface area contributed by atoms with Crippen molar-refractivity contribution in [3.8, 4) is 0 Å². The Morgan fingerprint density at radius 3 is 2.16 bits per heavy atom. The summed E-state index contributed by atoms with van der Waals surface area (Å²) in [5.74, 6) is 0. The van der Waals surface area contributed by atoms with Gasteiger partial charge < -0.3 is 14.7 Å². The van der Waals surface area contributed by atoms with Crippen LogP contribution in [-0.2, 0) is 4.74 Å². The van der Waals surface area contributed by atoms with Gasteiger partial charge in [-0.3, -0.25) is 4.90 Å². The van der Waals surface area contributed by atoms with E-state index in [-0.39, 0.29) is 24.3 Å². The number of nitrogens with zero attached hydrogens (tertiary/aromatic N) is 2. The van der Waals surface area contributed by atoms with E-state index in [9.17, 15) is 9.90 Å². The molecule has 0 aromatic carbocycles. The van der Waals surface area contributed by atoms with Crippen LogP contribution in [0, 0.1) is 0 Å². The molecule has 1 heterocycles. The smallest absolute Gasteiger partial charge is 0.410 e. The van der Waals surface area contributed by atoms with Crippen molar-refractivity contribution >= 4 is 6.09 Å². The molecule has 1 fully saturated rings. The van der Waals surface area contributed by atoms with E-state index in [1.165, 1.54) is 0 Å². The van der Waals surface area contributed by atoms with Crippen LogP contribution in [0.1, 0.15) is 41.5 Å². The summed E-state index contributed by atoms with van der Waals surface area (Å²) in [6.45, 7) is 13.7. The Hall–Kier alpha value is -0.810. The summed E-state index contributed by atoms with van der Waals surface area (Å²) in [4.78, 5) is 16.2. The fraction of sp³-hybridized carbons (Fsp3) is 0.929. The third kappa shape index (κ3) is 4.99. The van der Waals surface area contributed by atoms with Crippen LogP contribution in [0.2, 0.25) is 0 Å². The maximum atomic E-state index is 12.2. The number of rotatable bonds is 2. The summed E-state index contributed by atoms with van der Waals surface area (Å²) in [5.41, 5.74) is -0.465. The van der Waals surface area contributed by atoms with Crippen molar-refractivity contribution in [1.29, 1.82) is 0 Å². The van der Waals surface area contributed by atoms with E-state index in [0.29, 0.717) is 6.54 Å². The average Bonchev–Trinajstić information content (AvgIpc) is 2.10. The summed E-state index contributed by atoms with van der Waals surface area (Å²) in [7, 11) is 0. The molecule has 1 rings (SSSR count). The number of aliphatic hydroxyl groups is 1. The Bertz CT molecular complexity index is 300. The van der Waals surface area contributed by atoms with E-state index in [1.807, 2.05) is 39.5 Å². The Balaban J connectivity index is 2.65. The highest BCUT2D eigenvalue weighted by Crippen LogP contribution is 2.19. The fourth-order valence-electron chi connectivity index (χ4n) is 2.63. The number of hydrogen-bond acceptors (Lipinski definition) is 4.